The molecule has 0 spiro atoms. The molecule has 3 heterocycles. The first-order valence-corrected chi connectivity index (χ1v) is 12.7. The molecule has 0 radical (unpaired) electrons. The zero-order valence-electron chi connectivity index (χ0n) is 18.9. The molecule has 2 aromatic rings. The van der Waals surface area contributed by atoms with Gasteiger partial charge in [-0.2, -0.15) is 9.97 Å². The molecular weight excluding hydrogens is 477 g/mol. The number of ether oxygens (including phenoxy) is 1. The van der Waals surface area contributed by atoms with E-state index in [0.717, 1.165) is 0 Å². The second-order valence-electron chi connectivity index (χ2n) is 8.55. The maximum absolute atomic E-state index is 12.9. The number of nitrogen functional groups attached to an aromatic ring is 1. The number of anilines is 1. The summed E-state index contributed by atoms with van der Waals surface area (Å²) >= 11 is 6.06. The summed E-state index contributed by atoms with van der Waals surface area (Å²) in [7, 11) is -4.46. The van der Waals surface area contributed by atoms with Crippen LogP contribution < -0.4 is 5.73 Å². The number of hydrogen-bond acceptors (Lipinski definition) is 10. The third kappa shape index (κ3) is 4.76. The third-order valence-electron chi connectivity index (χ3n) is 6.39. The van der Waals surface area contributed by atoms with Gasteiger partial charge >= 0.3 is 7.60 Å². The molecule has 0 aliphatic carbocycles. The zero-order chi connectivity index (χ0) is 24.8. The molecule has 6 N–H and O–H groups in total. The lowest BCUT2D eigenvalue weighted by molar-refractivity contribution is -0.0696. The van der Waals surface area contributed by atoms with Gasteiger partial charge in [0.25, 0.3) is 0 Å². The van der Waals surface area contributed by atoms with E-state index in [2.05, 4.69) is 15.0 Å². The number of aromatic nitrogens is 4. The summed E-state index contributed by atoms with van der Waals surface area (Å²) in [6.45, 7) is 6.54. The standard InChI is InChI=1S/C19H31ClN5O7P/c1-5-18(4,32-33(29,30)19(28,6-2)7-3)8-10-12(26)13(27)16(31-10)25-9-22-11-14(20)23-17(21)24-15(11)25/h9-10,12-13,16,26-28H,5-8H2,1-4H3,(H,29,30)(H2,21,23,24)/t10-,12-,13-,16-,18?/m1/s1. The quantitative estimate of drug-likeness (QED) is 0.246. The van der Waals surface area contributed by atoms with Crippen LogP contribution in [-0.4, -0.2) is 69.0 Å². The molecule has 3 rings (SSSR count). The summed E-state index contributed by atoms with van der Waals surface area (Å²) in [6, 6.07) is 0. The summed E-state index contributed by atoms with van der Waals surface area (Å²) in [4.78, 5) is 22.6. The Morgan fingerprint density at radius 2 is 1.88 bits per heavy atom. The molecular formula is C19H31ClN5O7P. The average Bonchev–Trinajstić information content (AvgIpc) is 3.28. The molecule has 2 aromatic heterocycles. The van der Waals surface area contributed by atoms with Gasteiger partial charge in [-0.25, -0.2) is 4.98 Å². The highest BCUT2D eigenvalue weighted by atomic mass is 35.5. The number of nitrogens with two attached hydrogens (primary N) is 1. The van der Waals surface area contributed by atoms with Crippen molar-refractivity contribution >= 4 is 36.3 Å². The second kappa shape index (κ2) is 9.35. The molecule has 0 aromatic carbocycles. The summed E-state index contributed by atoms with van der Waals surface area (Å²) < 4.78 is 25.9. The molecule has 33 heavy (non-hydrogen) atoms. The van der Waals surface area contributed by atoms with Crippen LogP contribution in [0.2, 0.25) is 5.15 Å². The number of fused-ring (bicyclic) bond motifs is 1. The van der Waals surface area contributed by atoms with Crippen LogP contribution in [0.5, 0.6) is 0 Å². The Bertz CT molecular complexity index is 1050. The Balaban J connectivity index is 1.86. The van der Waals surface area contributed by atoms with E-state index < -0.39 is 43.1 Å². The lowest BCUT2D eigenvalue weighted by Crippen LogP contribution is -2.40. The Morgan fingerprint density at radius 3 is 2.45 bits per heavy atom. The van der Waals surface area contributed by atoms with Gasteiger partial charge in [-0.05, 0) is 26.2 Å². The number of aliphatic hydroxyl groups is 3. The molecule has 1 fully saturated rings. The largest absolute Gasteiger partial charge is 0.388 e. The van der Waals surface area contributed by atoms with E-state index in [1.165, 1.54) is 10.9 Å². The molecule has 12 nitrogen and oxygen atoms in total. The summed E-state index contributed by atoms with van der Waals surface area (Å²) in [5, 5.41) is 30.1. The van der Waals surface area contributed by atoms with E-state index in [1.807, 2.05) is 0 Å². The minimum absolute atomic E-state index is 0.0294. The van der Waals surface area contributed by atoms with Crippen LogP contribution in [0, 0.1) is 0 Å². The van der Waals surface area contributed by atoms with Crippen molar-refractivity contribution in [1.29, 1.82) is 0 Å². The van der Waals surface area contributed by atoms with Gasteiger partial charge in [0.05, 0.1) is 18.0 Å². The molecule has 1 aliphatic heterocycles. The third-order valence-corrected chi connectivity index (χ3v) is 9.03. The summed E-state index contributed by atoms with van der Waals surface area (Å²) in [5.74, 6) is -0.0937. The first-order valence-electron chi connectivity index (χ1n) is 10.7. The number of rotatable bonds is 9. The maximum Gasteiger partial charge on any atom is 0.359 e. The van der Waals surface area contributed by atoms with Gasteiger partial charge in [-0.3, -0.25) is 9.13 Å². The van der Waals surface area contributed by atoms with E-state index in [-0.39, 0.29) is 47.9 Å². The maximum atomic E-state index is 12.9. The van der Waals surface area contributed by atoms with Crippen molar-refractivity contribution in [3.8, 4) is 0 Å². The van der Waals surface area contributed by atoms with Crippen LogP contribution in [-0.2, 0) is 13.8 Å². The molecule has 0 amide bonds. The van der Waals surface area contributed by atoms with Crippen molar-refractivity contribution in [2.24, 2.45) is 0 Å². The predicted molar refractivity (Wildman–Crippen MR) is 120 cm³/mol. The Labute approximate surface area is 196 Å². The van der Waals surface area contributed by atoms with E-state index in [9.17, 15) is 24.8 Å². The highest BCUT2D eigenvalue weighted by molar-refractivity contribution is 7.54. The van der Waals surface area contributed by atoms with Crippen LogP contribution in [0.25, 0.3) is 11.2 Å². The highest BCUT2D eigenvalue weighted by Crippen LogP contribution is 2.60. The molecule has 0 bridgehead atoms. The van der Waals surface area contributed by atoms with Crippen molar-refractivity contribution in [3.05, 3.63) is 11.5 Å². The molecule has 2 unspecified atom stereocenters. The fourth-order valence-electron chi connectivity index (χ4n) is 3.92. The number of halogens is 1. The lowest BCUT2D eigenvalue weighted by Gasteiger charge is -2.38. The fourth-order valence-corrected chi connectivity index (χ4v) is 5.91. The first-order chi connectivity index (χ1) is 15.3. The molecule has 0 saturated carbocycles. The molecule has 6 atom stereocenters. The molecule has 186 valence electrons. The van der Waals surface area contributed by atoms with Crippen molar-refractivity contribution in [1.82, 2.24) is 19.5 Å². The number of hydrogen-bond donors (Lipinski definition) is 5. The topological polar surface area (TPSA) is 186 Å². The van der Waals surface area contributed by atoms with Gasteiger partial charge < -0.3 is 35.2 Å². The average molecular weight is 508 g/mol. The van der Waals surface area contributed by atoms with Gasteiger partial charge in [-0.15, -0.1) is 0 Å². The van der Waals surface area contributed by atoms with Gasteiger partial charge in [-0.1, -0.05) is 32.4 Å². The SMILES string of the molecule is CCC(C)(C[C@H]1O[C@@H](n2cnc3c(Cl)nc(N)nc32)[C@H](O)[C@@H]1O)OP(=O)(O)C(O)(CC)CC. The number of aliphatic hydroxyl groups excluding tert-OH is 2. The number of nitrogens with zero attached hydrogens (tertiary/aromatic N) is 4. The first kappa shape index (κ1) is 26.2. The van der Waals surface area contributed by atoms with Crippen LogP contribution in [0.4, 0.5) is 5.95 Å². The summed E-state index contributed by atoms with van der Waals surface area (Å²) in [6.07, 6.45) is -3.10. The molecule has 14 heteroatoms. The normalized spacial score (nSPS) is 27.5. The van der Waals surface area contributed by atoms with E-state index >= 15 is 0 Å². The molecule has 1 aliphatic rings. The van der Waals surface area contributed by atoms with E-state index in [1.54, 1.807) is 27.7 Å². The monoisotopic (exact) mass is 507 g/mol. The molecule has 1 saturated heterocycles. The summed E-state index contributed by atoms with van der Waals surface area (Å²) in [5.41, 5.74) is 4.90. The van der Waals surface area contributed by atoms with Gasteiger partial charge in [0.15, 0.2) is 22.4 Å². The fraction of sp³-hybridized carbons (Fsp3) is 0.737. The van der Waals surface area contributed by atoms with Crippen molar-refractivity contribution in [3.63, 3.8) is 0 Å². The van der Waals surface area contributed by atoms with Crippen LogP contribution >= 0.6 is 19.2 Å². The minimum atomic E-state index is -4.46. The number of imidazole rings is 1. The van der Waals surface area contributed by atoms with Crippen molar-refractivity contribution < 1.29 is 34.0 Å². The van der Waals surface area contributed by atoms with Crippen molar-refractivity contribution in [2.75, 3.05) is 5.73 Å². The highest BCUT2D eigenvalue weighted by Gasteiger charge is 2.51. The Hall–Kier alpha value is -1.37. The van der Waals surface area contributed by atoms with Gasteiger partial charge in [0.1, 0.15) is 17.7 Å². The lowest BCUT2D eigenvalue weighted by atomic mass is 9.93. The minimum Gasteiger partial charge on any atom is -0.388 e. The van der Waals surface area contributed by atoms with E-state index in [0.29, 0.717) is 0 Å². The Kier molecular flexibility index (Phi) is 7.43. The van der Waals surface area contributed by atoms with E-state index in [4.69, 9.17) is 26.6 Å². The predicted octanol–water partition coefficient (Wildman–Crippen LogP) is 1.95. The smallest absolute Gasteiger partial charge is 0.359 e. The van der Waals surface area contributed by atoms with Gasteiger partial charge in [0, 0.05) is 6.42 Å². The van der Waals surface area contributed by atoms with Gasteiger partial charge in [0.2, 0.25) is 5.95 Å². The van der Waals surface area contributed by atoms with Crippen molar-refractivity contribution in [2.45, 2.75) is 88.9 Å². The Morgan fingerprint density at radius 1 is 1.24 bits per heavy atom. The van der Waals surface area contributed by atoms with Crippen LogP contribution in [0.15, 0.2) is 6.33 Å². The van der Waals surface area contributed by atoms with Crippen LogP contribution in [0.1, 0.15) is 59.6 Å². The van der Waals surface area contributed by atoms with Crippen LogP contribution in [0.3, 0.4) is 0 Å². The zero-order valence-corrected chi connectivity index (χ0v) is 20.6. The second-order valence-corrected chi connectivity index (χ2v) is 11.0.